The van der Waals surface area contributed by atoms with Crippen LogP contribution in [0.25, 0.3) is 10.2 Å². The molecule has 1 N–H and O–H groups in total. The highest BCUT2D eigenvalue weighted by molar-refractivity contribution is 7.18. The van der Waals surface area contributed by atoms with Crippen molar-refractivity contribution in [3.63, 3.8) is 0 Å². The van der Waals surface area contributed by atoms with Gasteiger partial charge in [-0.3, -0.25) is 19.4 Å². The zero-order valence-electron chi connectivity index (χ0n) is 17.4. The first-order valence-corrected chi connectivity index (χ1v) is 11.1. The molecular weight excluding hydrogens is 402 g/mol. The van der Waals surface area contributed by atoms with Crippen LogP contribution in [0.4, 0.5) is 4.79 Å². The Bertz CT molecular complexity index is 931. The third-order valence-electron chi connectivity index (χ3n) is 5.64. The Morgan fingerprint density at radius 3 is 2.57 bits per heavy atom. The third kappa shape index (κ3) is 4.32. The van der Waals surface area contributed by atoms with Gasteiger partial charge in [0.05, 0.1) is 16.8 Å². The van der Waals surface area contributed by atoms with E-state index in [9.17, 15) is 14.4 Å². The van der Waals surface area contributed by atoms with Gasteiger partial charge in [-0.15, -0.1) is 11.3 Å². The maximum Gasteiger partial charge on any atom is 0.325 e. The normalized spacial score (nSPS) is 19.5. The summed E-state index contributed by atoms with van der Waals surface area (Å²) >= 11 is 1.72. The topological polar surface area (TPSA) is 85.8 Å². The fourth-order valence-corrected chi connectivity index (χ4v) is 4.91. The molecule has 1 aromatic heterocycles. The van der Waals surface area contributed by atoms with Crippen LogP contribution in [0.2, 0.25) is 0 Å². The molecule has 2 aromatic rings. The van der Waals surface area contributed by atoms with Crippen LogP contribution in [0.15, 0.2) is 24.3 Å². The molecule has 2 aliphatic heterocycles. The summed E-state index contributed by atoms with van der Waals surface area (Å²) in [7, 11) is 0. The number of benzene rings is 1. The van der Waals surface area contributed by atoms with Gasteiger partial charge >= 0.3 is 6.03 Å². The second kappa shape index (κ2) is 8.31. The van der Waals surface area contributed by atoms with Gasteiger partial charge in [-0.1, -0.05) is 12.1 Å². The fraction of sp³-hybridized carbons (Fsp3) is 0.524. The zero-order valence-corrected chi connectivity index (χ0v) is 18.2. The summed E-state index contributed by atoms with van der Waals surface area (Å²) in [6.07, 6.45) is 0.829. The number of imide groups is 1. The van der Waals surface area contributed by atoms with E-state index in [0.29, 0.717) is 25.9 Å². The highest BCUT2D eigenvalue weighted by Gasteiger charge is 2.43. The number of hydrogen-bond acceptors (Lipinski definition) is 6. The van der Waals surface area contributed by atoms with Crippen LogP contribution in [0.3, 0.4) is 0 Å². The first-order valence-electron chi connectivity index (χ1n) is 10.3. The molecule has 4 amide bonds. The molecule has 4 rings (SSSR count). The molecule has 9 heteroatoms. The van der Waals surface area contributed by atoms with E-state index >= 15 is 0 Å². The second-order valence-corrected chi connectivity index (χ2v) is 9.46. The van der Waals surface area contributed by atoms with Crippen LogP contribution < -0.4 is 5.32 Å². The van der Waals surface area contributed by atoms with Crippen LogP contribution in [0.5, 0.6) is 0 Å². The van der Waals surface area contributed by atoms with Gasteiger partial charge in [-0.25, -0.2) is 9.78 Å². The van der Waals surface area contributed by atoms with Gasteiger partial charge in [0, 0.05) is 39.1 Å². The van der Waals surface area contributed by atoms with Crippen molar-refractivity contribution in [1.82, 2.24) is 25.0 Å². The Morgan fingerprint density at radius 1 is 1.17 bits per heavy atom. The molecule has 0 aliphatic carbocycles. The largest absolute Gasteiger partial charge is 0.340 e. The number of amides is 4. The lowest BCUT2D eigenvalue weighted by Gasteiger charge is -2.34. The number of nitrogens with zero attached hydrogens (tertiary/aromatic N) is 4. The highest BCUT2D eigenvalue weighted by atomic mass is 32.1. The molecule has 0 atom stereocenters. The average Bonchev–Trinajstić information content (AvgIpc) is 3.20. The standard InChI is InChI=1S/C21H27N5O3S/c1-21(2)19(28)26(20(29)23-21)9-5-8-18(27)25-12-10-24(11-13-25)14-17-22-15-6-3-4-7-16(15)30-17/h3-4,6-7H,5,8-14H2,1-2H3,(H,23,29). The molecule has 2 fully saturated rings. The van der Waals surface area contributed by atoms with Crippen LogP contribution in [-0.4, -0.2) is 75.8 Å². The van der Waals surface area contributed by atoms with Crippen molar-refractivity contribution >= 4 is 39.4 Å². The third-order valence-corrected chi connectivity index (χ3v) is 6.66. The van der Waals surface area contributed by atoms with Crippen LogP contribution in [-0.2, 0) is 16.1 Å². The van der Waals surface area contributed by atoms with Crippen LogP contribution in [0, 0.1) is 0 Å². The van der Waals surface area contributed by atoms with Gasteiger partial charge in [-0.05, 0) is 32.4 Å². The average molecular weight is 430 g/mol. The molecular formula is C21H27N5O3S. The molecule has 3 heterocycles. The van der Waals surface area contributed by atoms with Crippen molar-refractivity contribution < 1.29 is 14.4 Å². The van der Waals surface area contributed by atoms with Crippen molar-refractivity contribution in [1.29, 1.82) is 0 Å². The van der Waals surface area contributed by atoms with E-state index in [2.05, 4.69) is 16.3 Å². The van der Waals surface area contributed by atoms with E-state index in [1.165, 1.54) is 9.60 Å². The Hall–Kier alpha value is -2.52. The van der Waals surface area contributed by atoms with Crippen molar-refractivity contribution in [3.05, 3.63) is 29.3 Å². The monoisotopic (exact) mass is 429 g/mol. The van der Waals surface area contributed by atoms with Crippen molar-refractivity contribution in [2.75, 3.05) is 32.7 Å². The number of carbonyl (C=O) groups is 3. The SMILES string of the molecule is CC1(C)NC(=O)N(CCCC(=O)N2CCN(Cc3nc4ccccc4s3)CC2)C1=O. The van der Waals surface area contributed by atoms with E-state index in [0.717, 1.165) is 30.2 Å². The van der Waals surface area contributed by atoms with E-state index < -0.39 is 5.54 Å². The summed E-state index contributed by atoms with van der Waals surface area (Å²) in [6.45, 7) is 7.49. The number of hydrogen-bond donors (Lipinski definition) is 1. The first kappa shape index (κ1) is 20.7. The lowest BCUT2D eigenvalue weighted by molar-refractivity contribution is -0.134. The Labute approximate surface area is 179 Å². The molecule has 1 aromatic carbocycles. The van der Waals surface area contributed by atoms with Gasteiger partial charge in [0.25, 0.3) is 5.91 Å². The zero-order chi connectivity index (χ0) is 21.3. The number of carbonyl (C=O) groups excluding carboxylic acids is 3. The number of rotatable bonds is 6. The second-order valence-electron chi connectivity index (χ2n) is 8.35. The smallest absolute Gasteiger partial charge is 0.325 e. The van der Waals surface area contributed by atoms with Gasteiger partial charge in [0.1, 0.15) is 10.5 Å². The molecule has 8 nitrogen and oxygen atoms in total. The molecule has 0 radical (unpaired) electrons. The Morgan fingerprint density at radius 2 is 1.90 bits per heavy atom. The number of nitrogens with one attached hydrogen (secondary N) is 1. The van der Waals surface area contributed by atoms with Crippen molar-refractivity contribution in [3.8, 4) is 0 Å². The summed E-state index contributed by atoms with van der Waals surface area (Å²) in [4.78, 5) is 46.8. The van der Waals surface area contributed by atoms with Gasteiger partial charge in [0.15, 0.2) is 0 Å². The maximum absolute atomic E-state index is 12.5. The van der Waals surface area contributed by atoms with Crippen LogP contribution >= 0.6 is 11.3 Å². The molecule has 0 saturated carbocycles. The number of para-hydroxylation sites is 1. The summed E-state index contributed by atoms with van der Waals surface area (Å²) < 4.78 is 1.20. The number of fused-ring (bicyclic) bond motifs is 1. The number of aromatic nitrogens is 1. The Kier molecular flexibility index (Phi) is 5.75. The van der Waals surface area contributed by atoms with Gasteiger partial charge < -0.3 is 10.2 Å². The first-order chi connectivity index (χ1) is 14.3. The fourth-order valence-electron chi connectivity index (χ4n) is 3.90. The van der Waals surface area contributed by atoms with Crippen molar-refractivity contribution in [2.24, 2.45) is 0 Å². The number of thiazole rings is 1. The van der Waals surface area contributed by atoms with Crippen LogP contribution in [0.1, 0.15) is 31.7 Å². The quantitative estimate of drug-likeness (QED) is 0.711. The predicted molar refractivity (Wildman–Crippen MR) is 115 cm³/mol. The highest BCUT2D eigenvalue weighted by Crippen LogP contribution is 2.23. The summed E-state index contributed by atoms with van der Waals surface area (Å²) in [5.74, 6) is -0.149. The number of urea groups is 1. The maximum atomic E-state index is 12.5. The van der Waals surface area contributed by atoms with Gasteiger partial charge in [0.2, 0.25) is 5.91 Å². The summed E-state index contributed by atoms with van der Waals surface area (Å²) in [5.41, 5.74) is 0.181. The molecule has 30 heavy (non-hydrogen) atoms. The van der Waals surface area contributed by atoms with E-state index in [-0.39, 0.29) is 24.4 Å². The van der Waals surface area contributed by atoms with Crippen molar-refractivity contribution in [2.45, 2.75) is 38.8 Å². The lowest BCUT2D eigenvalue weighted by Crippen LogP contribution is -2.48. The van der Waals surface area contributed by atoms with Gasteiger partial charge in [-0.2, -0.15) is 0 Å². The minimum absolute atomic E-state index is 0.0842. The molecule has 2 saturated heterocycles. The minimum Gasteiger partial charge on any atom is -0.340 e. The predicted octanol–water partition coefficient (Wildman–Crippen LogP) is 2.05. The molecule has 160 valence electrons. The molecule has 0 bridgehead atoms. The van der Waals surface area contributed by atoms with E-state index in [1.807, 2.05) is 23.1 Å². The molecule has 2 aliphatic rings. The summed E-state index contributed by atoms with van der Waals surface area (Å²) in [6, 6.07) is 7.78. The van der Waals surface area contributed by atoms with E-state index in [4.69, 9.17) is 4.98 Å². The number of piperazine rings is 1. The Balaban J connectivity index is 1.21. The minimum atomic E-state index is -0.860. The van der Waals surface area contributed by atoms with E-state index in [1.54, 1.807) is 25.2 Å². The molecule has 0 unspecified atom stereocenters. The lowest BCUT2D eigenvalue weighted by atomic mass is 10.1. The summed E-state index contributed by atoms with van der Waals surface area (Å²) in [5, 5.41) is 3.76. The molecule has 0 spiro atoms.